The van der Waals surface area contributed by atoms with E-state index in [1.165, 1.54) is 5.57 Å². The number of allylic oxidation sites excluding steroid dienone is 2. The van der Waals surface area contributed by atoms with Gasteiger partial charge >= 0.3 is 5.97 Å². The van der Waals surface area contributed by atoms with Crippen LogP contribution in [0.4, 0.5) is 0 Å². The maximum atomic E-state index is 14.8. The quantitative estimate of drug-likeness (QED) is 0.226. The lowest BCUT2D eigenvalue weighted by Crippen LogP contribution is -2.67. The Hall–Kier alpha value is -1.48. The molecule has 17 atom stereocenters. The van der Waals surface area contributed by atoms with E-state index in [0.29, 0.717) is 19.3 Å². The number of hydrogen-bond acceptors (Lipinski definition) is 11. The van der Waals surface area contributed by atoms with E-state index in [1.54, 1.807) is 0 Å². The topological polar surface area (TPSA) is 192 Å². The Morgan fingerprint density at radius 2 is 1.40 bits per heavy atom. The minimum absolute atomic E-state index is 0.0169. The van der Waals surface area contributed by atoms with Crippen molar-refractivity contribution in [1.82, 2.24) is 0 Å². The fourth-order valence-electron chi connectivity index (χ4n) is 12.8. The Morgan fingerprint density at radius 1 is 0.769 bits per heavy atom. The van der Waals surface area contributed by atoms with Crippen LogP contribution in [0.1, 0.15) is 106 Å². The van der Waals surface area contributed by atoms with Crippen LogP contribution in [0.15, 0.2) is 11.6 Å². The SMILES string of the molecule is CC1(C)[C@@H](O[C@H]2OC[C@@H](O)[C@H](O)C2O[C@H]2OC[C@@H](O)C(O)C2O)CC[C@]2(C)[C@H]3C(=O)C=C4[C@@H]5C[C@@](C)(C(=O)O)CC[C@]5(C)CC[C@@]4(C)[C@]3(C)CC[C@@H]12. The van der Waals surface area contributed by atoms with Crippen molar-refractivity contribution in [2.24, 2.45) is 50.2 Å². The molecule has 6 N–H and O–H groups in total. The van der Waals surface area contributed by atoms with Gasteiger partial charge in [-0.15, -0.1) is 0 Å². The number of carbonyl (C=O) groups excluding carboxylic acids is 1. The first-order chi connectivity index (χ1) is 24.1. The molecule has 5 aliphatic carbocycles. The van der Waals surface area contributed by atoms with Crippen molar-refractivity contribution in [2.45, 2.75) is 162 Å². The zero-order chi connectivity index (χ0) is 38.0. The highest BCUT2D eigenvalue weighted by molar-refractivity contribution is 5.95. The normalized spacial score (nSPS) is 54.5. The van der Waals surface area contributed by atoms with E-state index in [-0.39, 0.29) is 64.5 Å². The number of aliphatic hydroxyl groups is 5. The maximum absolute atomic E-state index is 14.8. The van der Waals surface area contributed by atoms with Gasteiger partial charge in [-0.1, -0.05) is 47.1 Å². The van der Waals surface area contributed by atoms with E-state index in [1.807, 2.05) is 13.0 Å². The molecule has 2 aliphatic heterocycles. The summed E-state index contributed by atoms with van der Waals surface area (Å²) in [5.74, 6) is -0.622. The first-order valence-electron chi connectivity index (χ1n) is 19.6. The molecule has 7 aliphatic rings. The zero-order valence-electron chi connectivity index (χ0n) is 31.9. The number of fused-ring (bicyclic) bond motifs is 7. The van der Waals surface area contributed by atoms with Crippen LogP contribution < -0.4 is 0 Å². The number of ketones is 1. The van der Waals surface area contributed by atoms with E-state index in [2.05, 4.69) is 41.5 Å². The van der Waals surface area contributed by atoms with Gasteiger partial charge in [0.25, 0.3) is 0 Å². The summed E-state index contributed by atoms with van der Waals surface area (Å²) in [5.41, 5.74) is -0.937. The summed E-state index contributed by atoms with van der Waals surface area (Å²) in [6.07, 6.45) is -2.11. The Balaban J connectivity index is 1.15. The number of carbonyl (C=O) groups is 2. The highest BCUT2D eigenvalue weighted by atomic mass is 16.7. The Bertz CT molecular complexity index is 1470. The minimum atomic E-state index is -1.60. The van der Waals surface area contributed by atoms with Gasteiger partial charge in [-0.05, 0) is 110 Å². The fraction of sp³-hybridized carbons (Fsp3) is 0.900. The number of rotatable bonds is 5. The lowest BCUT2D eigenvalue weighted by Gasteiger charge is -2.70. The third-order valence-corrected chi connectivity index (χ3v) is 16.5. The molecule has 52 heavy (non-hydrogen) atoms. The van der Waals surface area contributed by atoms with Crippen LogP contribution in [-0.4, -0.2) is 111 Å². The van der Waals surface area contributed by atoms with E-state index < -0.39 is 66.0 Å². The molecule has 2 saturated heterocycles. The first-order valence-corrected chi connectivity index (χ1v) is 19.6. The molecule has 0 spiro atoms. The molecule has 0 aromatic heterocycles. The molecule has 3 unspecified atom stereocenters. The van der Waals surface area contributed by atoms with Gasteiger partial charge in [0.2, 0.25) is 0 Å². The molecule has 0 aromatic carbocycles. The summed E-state index contributed by atoms with van der Waals surface area (Å²) in [5, 5.41) is 62.4. The Morgan fingerprint density at radius 3 is 2.08 bits per heavy atom. The van der Waals surface area contributed by atoms with Gasteiger partial charge in [0.05, 0.1) is 24.7 Å². The molecule has 12 heteroatoms. The van der Waals surface area contributed by atoms with Gasteiger partial charge < -0.3 is 49.6 Å². The van der Waals surface area contributed by atoms with Crippen LogP contribution in [0, 0.1) is 50.2 Å². The van der Waals surface area contributed by atoms with Crippen LogP contribution in [0.2, 0.25) is 0 Å². The van der Waals surface area contributed by atoms with Crippen molar-refractivity contribution in [3.8, 4) is 0 Å². The van der Waals surface area contributed by atoms with Crippen LogP contribution in [-0.2, 0) is 28.5 Å². The summed E-state index contributed by atoms with van der Waals surface area (Å²) in [6.45, 7) is 15.1. The van der Waals surface area contributed by atoms with Crippen LogP contribution >= 0.6 is 0 Å². The van der Waals surface area contributed by atoms with Crippen molar-refractivity contribution < 1.29 is 59.2 Å². The highest BCUT2D eigenvalue weighted by Crippen LogP contribution is 2.75. The maximum Gasteiger partial charge on any atom is 0.309 e. The summed E-state index contributed by atoms with van der Waals surface area (Å²) in [7, 11) is 0. The molecule has 0 aromatic rings. The third-order valence-electron chi connectivity index (χ3n) is 16.5. The average Bonchev–Trinajstić information content (AvgIpc) is 3.07. The number of aliphatic hydroxyl groups excluding tert-OH is 5. The second-order valence-corrected chi connectivity index (χ2v) is 19.7. The van der Waals surface area contributed by atoms with Gasteiger partial charge in [0, 0.05) is 5.92 Å². The molecule has 0 radical (unpaired) electrons. The van der Waals surface area contributed by atoms with Crippen molar-refractivity contribution in [3.63, 3.8) is 0 Å². The molecule has 6 fully saturated rings. The summed E-state index contributed by atoms with van der Waals surface area (Å²) in [4.78, 5) is 27.2. The number of aliphatic carboxylic acids is 1. The van der Waals surface area contributed by atoms with Gasteiger partial charge in [0.1, 0.15) is 36.6 Å². The molecule has 12 nitrogen and oxygen atoms in total. The van der Waals surface area contributed by atoms with Crippen molar-refractivity contribution in [3.05, 3.63) is 11.6 Å². The number of ether oxygens (including phenoxy) is 4. The fourth-order valence-corrected chi connectivity index (χ4v) is 12.8. The molecule has 7 rings (SSSR count). The summed E-state index contributed by atoms with van der Waals surface area (Å²) in [6, 6.07) is 0. The van der Waals surface area contributed by atoms with Crippen LogP contribution in [0.3, 0.4) is 0 Å². The number of carboxylic acid groups (broad SMARTS) is 1. The van der Waals surface area contributed by atoms with E-state index >= 15 is 0 Å². The molecule has 4 saturated carbocycles. The summed E-state index contributed by atoms with van der Waals surface area (Å²) >= 11 is 0. The molecular formula is C40H62O12. The number of carboxylic acids is 1. The Labute approximate surface area is 307 Å². The van der Waals surface area contributed by atoms with Crippen molar-refractivity contribution in [1.29, 1.82) is 0 Å². The smallest absolute Gasteiger partial charge is 0.309 e. The first kappa shape index (κ1) is 38.8. The van der Waals surface area contributed by atoms with Gasteiger partial charge in [-0.25, -0.2) is 0 Å². The van der Waals surface area contributed by atoms with Gasteiger partial charge in [-0.3, -0.25) is 9.59 Å². The van der Waals surface area contributed by atoms with Gasteiger partial charge in [0.15, 0.2) is 18.4 Å². The highest BCUT2D eigenvalue weighted by Gasteiger charge is 2.70. The predicted octanol–water partition coefficient (Wildman–Crippen LogP) is 3.34. The van der Waals surface area contributed by atoms with Crippen molar-refractivity contribution in [2.75, 3.05) is 13.2 Å². The van der Waals surface area contributed by atoms with E-state index in [0.717, 1.165) is 38.5 Å². The standard InChI is InChI=1S/C40H62O12/c1-35(2)25-8-11-40(7)31(22(41)16-20-21-17-37(4,34(47)48)13-12-36(21,3)14-15-39(20,40)6)38(25,5)10-9-26(35)51-33-30(28(45)24(43)19-50-33)52-32-29(46)27(44)23(42)18-49-32/h16,21,23-33,42-46H,8-15,17-19H2,1-7H3,(H,47,48)/t21-,23+,24+,25-,26-,27?,28-,29?,30?,31+,32+,33+,36+,37-,38-,39+,40+/m0/s1. The second kappa shape index (κ2) is 12.8. The Kier molecular flexibility index (Phi) is 9.53. The molecule has 0 bridgehead atoms. The second-order valence-electron chi connectivity index (χ2n) is 19.7. The molecule has 294 valence electrons. The zero-order valence-corrected chi connectivity index (χ0v) is 31.9. The molecule has 0 amide bonds. The van der Waals surface area contributed by atoms with Crippen LogP contribution in [0.25, 0.3) is 0 Å². The third kappa shape index (κ3) is 5.55. The largest absolute Gasteiger partial charge is 0.481 e. The lowest BCUT2D eigenvalue weighted by molar-refractivity contribution is -0.356. The monoisotopic (exact) mass is 734 g/mol. The van der Waals surface area contributed by atoms with Crippen LogP contribution in [0.5, 0.6) is 0 Å². The molecular weight excluding hydrogens is 672 g/mol. The minimum Gasteiger partial charge on any atom is -0.481 e. The van der Waals surface area contributed by atoms with Crippen molar-refractivity contribution >= 4 is 11.8 Å². The van der Waals surface area contributed by atoms with Gasteiger partial charge in [-0.2, -0.15) is 0 Å². The van der Waals surface area contributed by atoms with E-state index in [9.17, 15) is 40.2 Å². The molecule has 2 heterocycles. The number of hydrogen-bond donors (Lipinski definition) is 6. The average molecular weight is 735 g/mol. The summed E-state index contributed by atoms with van der Waals surface area (Å²) < 4.78 is 24.0. The lowest BCUT2D eigenvalue weighted by atomic mass is 9.33. The van der Waals surface area contributed by atoms with E-state index in [4.69, 9.17) is 18.9 Å². The predicted molar refractivity (Wildman–Crippen MR) is 186 cm³/mol.